The summed E-state index contributed by atoms with van der Waals surface area (Å²) in [6.45, 7) is 3.12. The topological polar surface area (TPSA) is 104 Å². The number of nitrogens with two attached hydrogens (primary N) is 1. The molecule has 0 radical (unpaired) electrons. The van der Waals surface area contributed by atoms with E-state index >= 15 is 0 Å². The smallest absolute Gasteiger partial charge is 0.321 e. The second kappa shape index (κ2) is 9.33. The van der Waals surface area contributed by atoms with Crippen molar-refractivity contribution < 1.29 is 19.5 Å². The minimum atomic E-state index is -0.892. The number of carboxylic acids is 1. The van der Waals surface area contributed by atoms with Crippen molar-refractivity contribution in [3.63, 3.8) is 0 Å². The van der Waals surface area contributed by atoms with Crippen LogP contribution in [0.2, 0.25) is 0 Å². The number of primary amides is 1. The van der Waals surface area contributed by atoms with E-state index in [2.05, 4.69) is 0 Å². The average molecular weight is 361 g/mol. The fraction of sp³-hybridized carbons (Fsp3) is 0.526. The summed E-state index contributed by atoms with van der Waals surface area (Å²) in [5, 5.41) is 9.51. The standard InChI is InChI=1S/C19H27N3O4/c1-14-6-5-10-22(18(14)19(25)26)13-17(24)21(11-9-16(20)23)12-15-7-3-2-4-8-15/h2-4,7-8,14,18H,5-6,9-13H2,1H3,(H2,20,23)(H,25,26). The van der Waals surface area contributed by atoms with E-state index in [0.29, 0.717) is 13.1 Å². The number of piperidine rings is 1. The lowest BCUT2D eigenvalue weighted by atomic mass is 9.91. The second-order valence-electron chi connectivity index (χ2n) is 6.89. The van der Waals surface area contributed by atoms with Gasteiger partial charge in [0, 0.05) is 19.5 Å². The molecule has 1 aromatic rings. The molecule has 0 aromatic heterocycles. The van der Waals surface area contributed by atoms with Gasteiger partial charge in [0.1, 0.15) is 6.04 Å². The average Bonchev–Trinajstić information content (AvgIpc) is 2.59. The molecular formula is C19H27N3O4. The third-order valence-electron chi connectivity index (χ3n) is 4.83. The van der Waals surface area contributed by atoms with Gasteiger partial charge in [-0.25, -0.2) is 0 Å². The van der Waals surface area contributed by atoms with E-state index in [0.717, 1.165) is 18.4 Å². The summed E-state index contributed by atoms with van der Waals surface area (Å²) in [7, 11) is 0. The molecule has 2 atom stereocenters. The van der Waals surface area contributed by atoms with Crippen molar-refractivity contribution in [2.45, 2.75) is 38.8 Å². The molecule has 2 amide bonds. The molecule has 7 heteroatoms. The Hall–Kier alpha value is -2.41. The molecule has 142 valence electrons. The SMILES string of the molecule is CC1CCCN(CC(=O)N(CCC(N)=O)Cc2ccccc2)C1C(=O)O. The number of likely N-dealkylation sites (tertiary alicyclic amines) is 1. The quantitative estimate of drug-likeness (QED) is 0.721. The molecule has 2 unspecified atom stereocenters. The first-order chi connectivity index (χ1) is 12.4. The van der Waals surface area contributed by atoms with Crippen LogP contribution in [0.15, 0.2) is 30.3 Å². The summed E-state index contributed by atoms with van der Waals surface area (Å²) < 4.78 is 0. The van der Waals surface area contributed by atoms with Crippen LogP contribution in [0.4, 0.5) is 0 Å². The Morgan fingerprint density at radius 3 is 2.58 bits per heavy atom. The van der Waals surface area contributed by atoms with Crippen molar-refractivity contribution in [3.8, 4) is 0 Å². The zero-order valence-corrected chi connectivity index (χ0v) is 15.1. The fourth-order valence-corrected chi connectivity index (χ4v) is 3.46. The van der Waals surface area contributed by atoms with Crippen molar-refractivity contribution in [3.05, 3.63) is 35.9 Å². The largest absolute Gasteiger partial charge is 0.480 e. The number of amides is 2. The van der Waals surface area contributed by atoms with Crippen LogP contribution in [0.5, 0.6) is 0 Å². The van der Waals surface area contributed by atoms with Gasteiger partial charge in [0.25, 0.3) is 0 Å². The predicted molar refractivity (Wildman–Crippen MR) is 97.1 cm³/mol. The van der Waals surface area contributed by atoms with Crippen LogP contribution >= 0.6 is 0 Å². The van der Waals surface area contributed by atoms with E-state index < -0.39 is 17.9 Å². The number of nitrogens with zero attached hydrogens (tertiary/aromatic N) is 2. The lowest BCUT2D eigenvalue weighted by Crippen LogP contribution is -2.53. The van der Waals surface area contributed by atoms with Gasteiger partial charge in [0.15, 0.2) is 0 Å². The Morgan fingerprint density at radius 1 is 1.27 bits per heavy atom. The zero-order valence-electron chi connectivity index (χ0n) is 15.1. The monoisotopic (exact) mass is 361 g/mol. The molecule has 0 spiro atoms. The Kier molecular flexibility index (Phi) is 7.15. The molecule has 1 fully saturated rings. The summed E-state index contributed by atoms with van der Waals surface area (Å²) in [4.78, 5) is 38.9. The molecule has 1 aromatic carbocycles. The number of aliphatic carboxylic acids is 1. The lowest BCUT2D eigenvalue weighted by Gasteiger charge is -2.37. The first kappa shape index (κ1) is 19.9. The highest BCUT2D eigenvalue weighted by atomic mass is 16.4. The van der Waals surface area contributed by atoms with Crippen LogP contribution in [0.25, 0.3) is 0 Å². The summed E-state index contributed by atoms with van der Waals surface area (Å²) in [5.41, 5.74) is 6.18. The number of carbonyl (C=O) groups excluding carboxylic acids is 2. The van der Waals surface area contributed by atoms with Crippen LogP contribution < -0.4 is 5.73 Å². The molecular weight excluding hydrogens is 334 g/mol. The molecule has 3 N–H and O–H groups in total. The van der Waals surface area contributed by atoms with E-state index in [9.17, 15) is 19.5 Å². The maximum atomic E-state index is 12.8. The van der Waals surface area contributed by atoms with Crippen LogP contribution in [-0.2, 0) is 20.9 Å². The summed E-state index contributed by atoms with van der Waals surface area (Å²) in [6, 6.07) is 8.84. The second-order valence-corrected chi connectivity index (χ2v) is 6.89. The molecule has 0 bridgehead atoms. The summed E-state index contributed by atoms with van der Waals surface area (Å²) in [6.07, 6.45) is 1.80. The zero-order chi connectivity index (χ0) is 19.1. The van der Waals surface area contributed by atoms with Crippen LogP contribution in [0.3, 0.4) is 0 Å². The normalized spacial score (nSPS) is 20.5. The van der Waals surface area contributed by atoms with Crippen LogP contribution in [0.1, 0.15) is 31.7 Å². The van der Waals surface area contributed by atoms with E-state index in [1.54, 1.807) is 9.80 Å². The number of benzene rings is 1. The highest BCUT2D eigenvalue weighted by Gasteiger charge is 2.35. The minimum Gasteiger partial charge on any atom is -0.480 e. The van der Waals surface area contributed by atoms with Gasteiger partial charge < -0.3 is 15.7 Å². The number of carbonyl (C=O) groups is 3. The third-order valence-corrected chi connectivity index (χ3v) is 4.83. The molecule has 26 heavy (non-hydrogen) atoms. The van der Waals surface area contributed by atoms with Crippen molar-refractivity contribution in [2.75, 3.05) is 19.6 Å². The van der Waals surface area contributed by atoms with Crippen molar-refractivity contribution in [1.82, 2.24) is 9.80 Å². The Balaban J connectivity index is 2.08. The van der Waals surface area contributed by atoms with Crippen molar-refractivity contribution in [2.24, 2.45) is 11.7 Å². The maximum Gasteiger partial charge on any atom is 0.321 e. The molecule has 0 saturated carbocycles. The Labute approximate surface area is 153 Å². The number of carboxylic acid groups (broad SMARTS) is 1. The van der Waals surface area contributed by atoms with Crippen molar-refractivity contribution in [1.29, 1.82) is 0 Å². The van der Waals surface area contributed by atoms with Gasteiger partial charge in [-0.3, -0.25) is 19.3 Å². The number of hydrogen-bond acceptors (Lipinski definition) is 4. The molecule has 1 aliphatic rings. The molecule has 2 rings (SSSR count). The first-order valence-electron chi connectivity index (χ1n) is 8.95. The predicted octanol–water partition coefficient (Wildman–Crippen LogP) is 1.08. The van der Waals surface area contributed by atoms with Crippen molar-refractivity contribution >= 4 is 17.8 Å². The van der Waals surface area contributed by atoms with E-state index in [-0.39, 0.29) is 31.3 Å². The van der Waals surface area contributed by atoms with Gasteiger partial charge in [-0.2, -0.15) is 0 Å². The third kappa shape index (κ3) is 5.56. The number of hydrogen-bond donors (Lipinski definition) is 2. The highest BCUT2D eigenvalue weighted by Crippen LogP contribution is 2.23. The van der Waals surface area contributed by atoms with Crippen LogP contribution in [0, 0.1) is 5.92 Å². The van der Waals surface area contributed by atoms with Gasteiger partial charge in [0.05, 0.1) is 6.54 Å². The Bertz CT molecular complexity index is 635. The van der Waals surface area contributed by atoms with Gasteiger partial charge >= 0.3 is 5.97 Å². The molecule has 1 aliphatic heterocycles. The maximum absolute atomic E-state index is 12.8. The number of rotatable bonds is 8. The molecule has 1 saturated heterocycles. The van der Waals surface area contributed by atoms with Gasteiger partial charge in [-0.05, 0) is 30.9 Å². The molecule has 7 nitrogen and oxygen atoms in total. The van der Waals surface area contributed by atoms with Crippen LogP contribution in [-0.4, -0.2) is 58.4 Å². The van der Waals surface area contributed by atoms with Gasteiger partial charge in [-0.15, -0.1) is 0 Å². The van der Waals surface area contributed by atoms with Gasteiger partial charge in [-0.1, -0.05) is 37.3 Å². The Morgan fingerprint density at radius 2 is 1.96 bits per heavy atom. The van der Waals surface area contributed by atoms with E-state index in [1.165, 1.54) is 0 Å². The molecule has 0 aliphatic carbocycles. The van der Waals surface area contributed by atoms with E-state index in [1.807, 2.05) is 37.3 Å². The summed E-state index contributed by atoms with van der Waals surface area (Å²) >= 11 is 0. The molecule has 1 heterocycles. The fourth-order valence-electron chi connectivity index (χ4n) is 3.46. The van der Waals surface area contributed by atoms with Gasteiger partial charge in [0.2, 0.25) is 11.8 Å². The lowest BCUT2D eigenvalue weighted by molar-refractivity contribution is -0.148. The minimum absolute atomic E-state index is 0.00208. The summed E-state index contributed by atoms with van der Waals surface area (Å²) in [5.74, 6) is -1.54. The highest BCUT2D eigenvalue weighted by molar-refractivity contribution is 5.81. The first-order valence-corrected chi connectivity index (χ1v) is 8.95. The van der Waals surface area contributed by atoms with E-state index in [4.69, 9.17) is 5.73 Å².